The quantitative estimate of drug-likeness (QED) is 0.509. The lowest BCUT2D eigenvalue weighted by atomic mass is 9.40. The van der Waals surface area contributed by atoms with Crippen molar-refractivity contribution in [2.24, 2.45) is 5.41 Å². The molecular weight excluding hydrogens is 191 g/mol. The maximum absolute atomic E-state index is 11.9. The molecule has 0 bridgehead atoms. The molecule has 12 radical (unpaired) electrons. The highest BCUT2D eigenvalue weighted by Gasteiger charge is 2.34. The fraction of sp³-hybridized carbons (Fsp3) is 0.875. The second-order valence-corrected chi connectivity index (χ2v) is 5.24. The Morgan fingerprint density at radius 1 is 0.938 bits per heavy atom. The van der Waals surface area contributed by atoms with Gasteiger partial charge in [0.25, 0.3) is 0 Å². The molecular formula is C8H11B6NO. The van der Waals surface area contributed by atoms with Crippen LogP contribution in [0, 0.1) is 5.41 Å². The number of carbonyl (C=O) groups is 1. The third-order valence-corrected chi connectivity index (χ3v) is 1.71. The summed E-state index contributed by atoms with van der Waals surface area (Å²) in [5, 5.41) is -4.00. The Balaban J connectivity index is 5.03. The van der Waals surface area contributed by atoms with Gasteiger partial charge in [0.1, 0.15) is 0 Å². The predicted molar refractivity (Wildman–Crippen MR) is 70.9 cm³/mol. The van der Waals surface area contributed by atoms with Gasteiger partial charge in [-0.3, -0.25) is 4.79 Å². The van der Waals surface area contributed by atoms with Crippen LogP contribution in [0.25, 0.3) is 0 Å². The van der Waals surface area contributed by atoms with Gasteiger partial charge in [-0.2, -0.15) is 0 Å². The monoisotopic (exact) mass is 203 g/mol. The van der Waals surface area contributed by atoms with Crippen LogP contribution in [-0.4, -0.2) is 68.4 Å². The summed E-state index contributed by atoms with van der Waals surface area (Å²) in [5.74, 6) is -0.507. The molecule has 0 rings (SSSR count). The lowest BCUT2D eigenvalue weighted by molar-refractivity contribution is -0.133. The Hall–Kier alpha value is -0.140. The predicted octanol–water partition coefficient (Wildman–Crippen LogP) is -1.52. The fourth-order valence-electron chi connectivity index (χ4n) is 1.30. The standard InChI is InChI=1S/C8H11B6NO/c1-6(2,3)4-5(16)15(7(9,10)11)8(12,13)14/h4H2,1-3H3. The Labute approximate surface area is 106 Å². The van der Waals surface area contributed by atoms with Gasteiger partial charge in [0.15, 0.2) is 0 Å². The van der Waals surface area contributed by atoms with Gasteiger partial charge in [-0.15, -0.1) is 0 Å². The fourth-order valence-corrected chi connectivity index (χ4v) is 1.30. The summed E-state index contributed by atoms with van der Waals surface area (Å²) in [6.07, 6.45) is 0.119. The minimum absolute atomic E-state index is 0.119. The Bertz CT molecular complexity index is 247. The van der Waals surface area contributed by atoms with Crippen LogP contribution < -0.4 is 0 Å². The van der Waals surface area contributed by atoms with Gasteiger partial charge >= 0.3 is 0 Å². The number of hydrogen-bond donors (Lipinski definition) is 0. The van der Waals surface area contributed by atoms with Crippen LogP contribution in [0.2, 0.25) is 0 Å². The van der Waals surface area contributed by atoms with Crippen LogP contribution in [0.15, 0.2) is 0 Å². The lowest BCUT2D eigenvalue weighted by Crippen LogP contribution is -2.66. The van der Waals surface area contributed by atoms with Crippen LogP contribution in [0.3, 0.4) is 0 Å². The molecule has 0 unspecified atom stereocenters. The molecule has 72 valence electrons. The van der Waals surface area contributed by atoms with Crippen molar-refractivity contribution in [3.63, 3.8) is 0 Å². The average Bonchev–Trinajstić information content (AvgIpc) is 1.70. The van der Waals surface area contributed by atoms with Gasteiger partial charge < -0.3 is 4.90 Å². The molecule has 0 aromatic heterocycles. The highest BCUT2D eigenvalue weighted by Crippen LogP contribution is 2.23. The Kier molecular flexibility index (Phi) is 4.58. The van der Waals surface area contributed by atoms with E-state index in [9.17, 15) is 4.79 Å². The molecule has 0 saturated carbocycles. The Morgan fingerprint density at radius 2 is 1.25 bits per heavy atom. The molecule has 0 aromatic carbocycles. The van der Waals surface area contributed by atoms with Crippen LogP contribution >= 0.6 is 0 Å². The van der Waals surface area contributed by atoms with Crippen molar-refractivity contribution in [2.45, 2.75) is 37.7 Å². The van der Waals surface area contributed by atoms with Crippen molar-refractivity contribution in [2.75, 3.05) is 0 Å². The minimum Gasteiger partial charge on any atom is -0.382 e. The number of hydrogen-bond acceptors (Lipinski definition) is 1. The zero-order valence-electron chi connectivity index (χ0n) is 10.0. The average molecular weight is 202 g/mol. The number of rotatable bonds is 3. The molecule has 0 aliphatic carbocycles. The number of nitrogens with zero attached hydrogens (tertiary/aromatic N) is 1. The first-order valence-corrected chi connectivity index (χ1v) is 4.81. The molecule has 0 heterocycles. The molecule has 0 spiro atoms. The highest BCUT2D eigenvalue weighted by atomic mass is 16.2. The normalized spacial score (nSPS) is 13.4. The van der Waals surface area contributed by atoms with E-state index in [0.717, 1.165) is 0 Å². The molecule has 8 heteroatoms. The highest BCUT2D eigenvalue weighted by molar-refractivity contribution is 6.64. The van der Waals surface area contributed by atoms with E-state index in [1.807, 2.05) is 20.8 Å². The van der Waals surface area contributed by atoms with E-state index >= 15 is 0 Å². The molecule has 16 heavy (non-hydrogen) atoms. The molecule has 0 N–H and O–H groups in total. The summed E-state index contributed by atoms with van der Waals surface area (Å²) >= 11 is 0. The van der Waals surface area contributed by atoms with Crippen molar-refractivity contribution in [3.8, 4) is 0 Å². The lowest BCUT2D eigenvalue weighted by Gasteiger charge is -2.49. The van der Waals surface area contributed by atoms with Gasteiger partial charge in [-0.25, -0.2) is 0 Å². The largest absolute Gasteiger partial charge is 0.382 e. The maximum Gasteiger partial charge on any atom is 0.219 e. The third kappa shape index (κ3) is 5.27. The molecule has 0 saturated heterocycles. The summed E-state index contributed by atoms with van der Waals surface area (Å²) < 4.78 is 0. The topological polar surface area (TPSA) is 20.3 Å². The number of amides is 1. The first kappa shape index (κ1) is 15.9. The van der Waals surface area contributed by atoms with Crippen molar-refractivity contribution in [1.29, 1.82) is 0 Å². The molecule has 0 aliphatic rings. The maximum atomic E-state index is 11.9. The third-order valence-electron chi connectivity index (χ3n) is 1.71. The molecule has 0 atom stereocenters. The summed E-state index contributed by atoms with van der Waals surface area (Å²) in [4.78, 5) is 12.6. The molecule has 1 amide bonds. The van der Waals surface area contributed by atoms with E-state index in [-0.39, 0.29) is 11.8 Å². The smallest absolute Gasteiger partial charge is 0.219 e. The van der Waals surface area contributed by atoms with E-state index in [1.54, 1.807) is 0 Å². The van der Waals surface area contributed by atoms with Gasteiger partial charge in [0, 0.05) is 6.42 Å². The molecule has 0 aliphatic heterocycles. The van der Waals surface area contributed by atoms with Crippen LogP contribution in [0.1, 0.15) is 27.2 Å². The van der Waals surface area contributed by atoms with E-state index in [0.29, 0.717) is 4.90 Å². The van der Waals surface area contributed by atoms with Gasteiger partial charge in [0.05, 0.1) is 47.1 Å². The van der Waals surface area contributed by atoms with Crippen molar-refractivity contribution in [1.82, 2.24) is 4.90 Å². The van der Waals surface area contributed by atoms with Crippen LogP contribution in [-0.2, 0) is 4.79 Å². The first-order chi connectivity index (χ1) is 6.75. The second kappa shape index (κ2) is 4.62. The van der Waals surface area contributed by atoms with Gasteiger partial charge in [-0.05, 0) is 5.41 Å². The molecule has 0 fully saturated rings. The van der Waals surface area contributed by atoms with Crippen molar-refractivity contribution in [3.05, 3.63) is 0 Å². The summed E-state index contributed by atoms with van der Waals surface area (Å²) in [5.41, 5.74) is -0.286. The van der Waals surface area contributed by atoms with Crippen molar-refractivity contribution < 1.29 is 4.79 Å². The zero-order valence-corrected chi connectivity index (χ0v) is 10.0. The number of carbonyl (C=O) groups excluding carboxylic acids is 1. The van der Waals surface area contributed by atoms with E-state index in [4.69, 9.17) is 47.1 Å². The van der Waals surface area contributed by atoms with Crippen LogP contribution in [0.5, 0.6) is 0 Å². The van der Waals surface area contributed by atoms with Gasteiger partial charge in [0.2, 0.25) is 5.91 Å². The zero-order chi connectivity index (χ0) is 13.4. The first-order valence-electron chi connectivity index (χ1n) is 4.81. The van der Waals surface area contributed by atoms with E-state index in [1.165, 1.54) is 0 Å². The van der Waals surface area contributed by atoms with Crippen molar-refractivity contribution >= 4 is 53.0 Å². The second-order valence-electron chi connectivity index (χ2n) is 5.24. The SMILES string of the molecule is [B]C([B])([B])N(C(=O)CC(C)(C)C)C([B])([B])[B]. The molecule has 0 aromatic rings. The summed E-state index contributed by atoms with van der Waals surface area (Å²) in [6.45, 7) is 5.58. The van der Waals surface area contributed by atoms with E-state index < -0.39 is 16.4 Å². The van der Waals surface area contributed by atoms with Gasteiger partial charge in [-0.1, -0.05) is 31.2 Å². The summed E-state index contributed by atoms with van der Waals surface area (Å²) in [6, 6.07) is 0. The van der Waals surface area contributed by atoms with Crippen LogP contribution in [0.4, 0.5) is 0 Å². The van der Waals surface area contributed by atoms with E-state index in [2.05, 4.69) is 0 Å². The Morgan fingerprint density at radius 3 is 1.44 bits per heavy atom. The molecule has 2 nitrogen and oxygen atoms in total. The minimum atomic E-state index is -2.00. The summed E-state index contributed by atoms with van der Waals surface area (Å²) in [7, 11) is 32.4.